The minimum absolute atomic E-state index is 0.205. The van der Waals surface area contributed by atoms with E-state index in [0.29, 0.717) is 32.1 Å². The number of rotatable bonds is 9. The zero-order chi connectivity index (χ0) is 14.1. The number of carboxylic acids is 1. The molecule has 6 nitrogen and oxygen atoms in total. The maximum atomic E-state index is 11.2. The van der Waals surface area contributed by atoms with Gasteiger partial charge in [-0.05, 0) is 18.6 Å². The van der Waals surface area contributed by atoms with E-state index in [4.69, 9.17) is 9.47 Å². The Morgan fingerprint density at radius 3 is 2.68 bits per heavy atom. The van der Waals surface area contributed by atoms with Crippen LogP contribution in [0, 0.1) is 0 Å². The molecule has 1 aromatic heterocycles. The van der Waals surface area contributed by atoms with E-state index in [2.05, 4.69) is 4.98 Å². The first-order valence-corrected chi connectivity index (χ1v) is 6.11. The molecule has 0 aliphatic carbocycles. The van der Waals surface area contributed by atoms with E-state index in [0.717, 1.165) is 6.42 Å². The number of hydrogen-bond acceptors (Lipinski definition) is 5. The molecule has 1 heterocycles. The third-order valence-electron chi connectivity index (χ3n) is 2.66. The molecule has 0 aliphatic rings. The van der Waals surface area contributed by atoms with Gasteiger partial charge in [0.2, 0.25) is 0 Å². The number of carbonyl (C=O) groups is 1. The fraction of sp³-hybridized carbons (Fsp3) is 0.538. The van der Waals surface area contributed by atoms with Gasteiger partial charge in [-0.15, -0.1) is 0 Å². The second-order valence-electron chi connectivity index (χ2n) is 4.01. The Hall–Kier alpha value is -1.66. The molecular formula is C13H20N2O4. The molecule has 0 unspecified atom stereocenters. The van der Waals surface area contributed by atoms with Crippen LogP contribution in [0.4, 0.5) is 5.82 Å². The van der Waals surface area contributed by atoms with Crippen LogP contribution in [0.1, 0.15) is 16.8 Å². The lowest BCUT2D eigenvalue weighted by molar-refractivity contribution is 0.0697. The van der Waals surface area contributed by atoms with E-state index < -0.39 is 5.97 Å². The Morgan fingerprint density at radius 1 is 1.32 bits per heavy atom. The summed E-state index contributed by atoms with van der Waals surface area (Å²) in [5, 5.41) is 9.19. The van der Waals surface area contributed by atoms with Gasteiger partial charge in [0.05, 0.1) is 6.61 Å². The summed E-state index contributed by atoms with van der Waals surface area (Å²) >= 11 is 0. The Bertz CT molecular complexity index is 398. The lowest BCUT2D eigenvalue weighted by Crippen LogP contribution is -2.31. The summed E-state index contributed by atoms with van der Waals surface area (Å²) in [6, 6.07) is 3.18. The number of ether oxygens (including phenoxy) is 2. The molecule has 0 amide bonds. The van der Waals surface area contributed by atoms with Crippen LogP contribution in [0.3, 0.4) is 0 Å². The lowest BCUT2D eigenvalue weighted by Gasteiger charge is -2.24. The molecule has 0 spiro atoms. The van der Waals surface area contributed by atoms with Crippen molar-refractivity contribution in [3.63, 3.8) is 0 Å². The quantitative estimate of drug-likeness (QED) is 0.680. The molecule has 0 saturated carbocycles. The van der Waals surface area contributed by atoms with Gasteiger partial charge in [-0.25, -0.2) is 9.78 Å². The average molecular weight is 268 g/mol. The molecule has 19 heavy (non-hydrogen) atoms. The Balaban J connectivity index is 2.85. The molecule has 0 aliphatic heterocycles. The molecule has 6 heteroatoms. The minimum atomic E-state index is -0.975. The molecule has 0 aromatic carbocycles. The van der Waals surface area contributed by atoms with Crippen molar-refractivity contribution in [2.24, 2.45) is 0 Å². The Labute approximate surface area is 113 Å². The highest BCUT2D eigenvalue weighted by molar-refractivity contribution is 5.93. The highest BCUT2D eigenvalue weighted by Gasteiger charge is 2.16. The number of aromatic nitrogens is 1. The van der Waals surface area contributed by atoms with Crippen molar-refractivity contribution in [1.82, 2.24) is 4.98 Å². The van der Waals surface area contributed by atoms with Crippen LogP contribution in [0.15, 0.2) is 18.3 Å². The second kappa shape index (κ2) is 8.44. The molecule has 0 fully saturated rings. The maximum Gasteiger partial charge on any atom is 0.339 e. The average Bonchev–Trinajstić information content (AvgIpc) is 2.42. The molecule has 1 N–H and O–H groups in total. The fourth-order valence-electron chi connectivity index (χ4n) is 1.74. The SMILES string of the molecule is COCCCN(CCOC)c1ncccc1C(=O)O. The summed E-state index contributed by atoms with van der Waals surface area (Å²) in [7, 11) is 3.26. The number of carboxylic acid groups (broad SMARTS) is 1. The van der Waals surface area contributed by atoms with Crippen LogP contribution >= 0.6 is 0 Å². The molecule has 0 atom stereocenters. The van der Waals surface area contributed by atoms with Crippen LogP contribution < -0.4 is 4.90 Å². The first-order valence-electron chi connectivity index (χ1n) is 6.11. The largest absolute Gasteiger partial charge is 0.478 e. The molecule has 1 aromatic rings. The molecule has 106 valence electrons. The lowest BCUT2D eigenvalue weighted by atomic mass is 10.2. The normalized spacial score (nSPS) is 10.4. The number of hydrogen-bond donors (Lipinski definition) is 1. The van der Waals surface area contributed by atoms with Crippen molar-refractivity contribution in [2.75, 3.05) is 45.4 Å². The summed E-state index contributed by atoms with van der Waals surface area (Å²) in [6.07, 6.45) is 2.40. The van der Waals surface area contributed by atoms with E-state index in [1.165, 1.54) is 0 Å². The van der Waals surface area contributed by atoms with Gasteiger partial charge in [-0.1, -0.05) is 0 Å². The van der Waals surface area contributed by atoms with Gasteiger partial charge in [-0.3, -0.25) is 0 Å². The van der Waals surface area contributed by atoms with Gasteiger partial charge in [0, 0.05) is 40.1 Å². The van der Waals surface area contributed by atoms with Crippen molar-refractivity contribution in [3.05, 3.63) is 23.9 Å². The monoisotopic (exact) mass is 268 g/mol. The molecule has 0 bridgehead atoms. The molecular weight excluding hydrogens is 248 g/mol. The summed E-state index contributed by atoms with van der Waals surface area (Å²) in [6.45, 7) is 2.41. The first kappa shape index (κ1) is 15.4. The summed E-state index contributed by atoms with van der Waals surface area (Å²) in [5.41, 5.74) is 0.205. The minimum Gasteiger partial charge on any atom is -0.478 e. The Kier molecular flexibility index (Phi) is 6.84. The maximum absolute atomic E-state index is 11.2. The van der Waals surface area contributed by atoms with E-state index in [9.17, 15) is 9.90 Å². The van der Waals surface area contributed by atoms with Crippen LogP contribution in [-0.4, -0.2) is 56.6 Å². The Morgan fingerprint density at radius 2 is 2.05 bits per heavy atom. The van der Waals surface area contributed by atoms with Crippen LogP contribution in [0.25, 0.3) is 0 Å². The van der Waals surface area contributed by atoms with Gasteiger partial charge in [0.25, 0.3) is 0 Å². The second-order valence-corrected chi connectivity index (χ2v) is 4.01. The zero-order valence-corrected chi connectivity index (χ0v) is 11.3. The van der Waals surface area contributed by atoms with Crippen molar-refractivity contribution in [1.29, 1.82) is 0 Å². The number of pyridine rings is 1. The fourth-order valence-corrected chi connectivity index (χ4v) is 1.74. The third-order valence-corrected chi connectivity index (χ3v) is 2.66. The summed E-state index contributed by atoms with van der Waals surface area (Å²) < 4.78 is 10.1. The molecule has 0 radical (unpaired) electrons. The zero-order valence-electron chi connectivity index (χ0n) is 11.3. The number of anilines is 1. The first-order chi connectivity index (χ1) is 9.20. The smallest absolute Gasteiger partial charge is 0.339 e. The van der Waals surface area contributed by atoms with Crippen LogP contribution in [0.2, 0.25) is 0 Å². The van der Waals surface area contributed by atoms with Gasteiger partial charge >= 0.3 is 5.97 Å². The summed E-state index contributed by atoms with van der Waals surface area (Å²) in [4.78, 5) is 17.3. The van der Waals surface area contributed by atoms with Gasteiger partial charge in [0.15, 0.2) is 0 Å². The molecule has 1 rings (SSSR count). The van der Waals surface area contributed by atoms with E-state index in [1.807, 2.05) is 4.90 Å². The highest BCUT2D eigenvalue weighted by Crippen LogP contribution is 2.17. The van der Waals surface area contributed by atoms with Crippen molar-refractivity contribution in [3.8, 4) is 0 Å². The standard InChI is InChI=1S/C13H20N2O4/c1-18-9-4-7-15(8-10-19-2)12-11(13(16)17)5-3-6-14-12/h3,5-6H,4,7-10H2,1-2H3,(H,16,17). The van der Waals surface area contributed by atoms with Crippen LogP contribution in [0.5, 0.6) is 0 Å². The van der Waals surface area contributed by atoms with E-state index in [-0.39, 0.29) is 5.56 Å². The van der Waals surface area contributed by atoms with Crippen molar-refractivity contribution in [2.45, 2.75) is 6.42 Å². The highest BCUT2D eigenvalue weighted by atomic mass is 16.5. The van der Waals surface area contributed by atoms with E-state index in [1.54, 1.807) is 32.5 Å². The number of nitrogens with zero attached hydrogens (tertiary/aromatic N) is 2. The van der Waals surface area contributed by atoms with Crippen molar-refractivity contribution >= 4 is 11.8 Å². The van der Waals surface area contributed by atoms with Crippen LogP contribution in [-0.2, 0) is 9.47 Å². The summed E-state index contributed by atoms with van der Waals surface area (Å²) in [5.74, 6) is -0.500. The van der Waals surface area contributed by atoms with Gasteiger partial charge < -0.3 is 19.5 Å². The third kappa shape index (κ3) is 4.84. The van der Waals surface area contributed by atoms with Gasteiger partial charge in [0.1, 0.15) is 11.4 Å². The number of methoxy groups -OCH3 is 2. The molecule has 0 saturated heterocycles. The van der Waals surface area contributed by atoms with E-state index >= 15 is 0 Å². The predicted molar refractivity (Wildman–Crippen MR) is 71.8 cm³/mol. The van der Waals surface area contributed by atoms with Crippen molar-refractivity contribution < 1.29 is 19.4 Å². The van der Waals surface area contributed by atoms with Gasteiger partial charge in [-0.2, -0.15) is 0 Å². The predicted octanol–water partition coefficient (Wildman–Crippen LogP) is 1.27. The number of aromatic carboxylic acids is 1. The topological polar surface area (TPSA) is 71.9 Å².